The highest BCUT2D eigenvalue weighted by Gasteiger charge is 2.40. The van der Waals surface area contributed by atoms with Crippen molar-refractivity contribution in [2.75, 3.05) is 6.54 Å². The molecule has 2 aliphatic rings. The molecular formula is C17H24Cl2N2O2. The van der Waals surface area contributed by atoms with Gasteiger partial charge in [0.05, 0.1) is 11.6 Å². The molecular weight excluding hydrogens is 335 g/mol. The first-order valence-corrected chi connectivity index (χ1v) is 8.44. The van der Waals surface area contributed by atoms with Gasteiger partial charge in [-0.3, -0.25) is 4.79 Å². The van der Waals surface area contributed by atoms with Gasteiger partial charge in [-0.2, -0.15) is 0 Å². The lowest BCUT2D eigenvalue weighted by molar-refractivity contribution is -0.134. The summed E-state index contributed by atoms with van der Waals surface area (Å²) in [5, 5.41) is 3.97. The molecule has 2 fully saturated rings. The SMILES string of the molecule is Cl.NC[C@H]1CC[C@@H](C(=O)NC2(c3cccc(Cl)c3)CCCC2)O1. The number of hydrogen-bond acceptors (Lipinski definition) is 3. The molecule has 0 spiro atoms. The Bertz CT molecular complexity index is 547. The fourth-order valence-electron chi connectivity index (χ4n) is 3.64. The zero-order valence-electron chi connectivity index (χ0n) is 13.1. The summed E-state index contributed by atoms with van der Waals surface area (Å²) in [6, 6.07) is 7.82. The van der Waals surface area contributed by atoms with Crippen molar-refractivity contribution in [2.45, 2.75) is 56.3 Å². The molecule has 1 aromatic carbocycles. The van der Waals surface area contributed by atoms with Gasteiger partial charge in [-0.15, -0.1) is 12.4 Å². The van der Waals surface area contributed by atoms with Gasteiger partial charge in [0.2, 0.25) is 5.91 Å². The summed E-state index contributed by atoms with van der Waals surface area (Å²) in [5.74, 6) is -0.0159. The fourth-order valence-corrected chi connectivity index (χ4v) is 3.83. The summed E-state index contributed by atoms with van der Waals surface area (Å²) in [7, 11) is 0. The van der Waals surface area contributed by atoms with Crippen LogP contribution in [0.3, 0.4) is 0 Å². The topological polar surface area (TPSA) is 64.4 Å². The number of nitrogens with two attached hydrogens (primary N) is 1. The smallest absolute Gasteiger partial charge is 0.249 e. The number of carbonyl (C=O) groups excluding carboxylic acids is 1. The van der Waals surface area contributed by atoms with Crippen molar-refractivity contribution in [1.82, 2.24) is 5.32 Å². The number of halogens is 2. The number of benzene rings is 1. The Kier molecular flexibility index (Phi) is 6.32. The van der Waals surface area contributed by atoms with E-state index in [4.69, 9.17) is 22.1 Å². The summed E-state index contributed by atoms with van der Waals surface area (Å²) in [6.45, 7) is 0.475. The lowest BCUT2D eigenvalue weighted by Gasteiger charge is -2.32. The number of nitrogens with one attached hydrogen (secondary N) is 1. The second-order valence-corrected chi connectivity index (χ2v) is 6.79. The van der Waals surface area contributed by atoms with Crippen LogP contribution in [0.5, 0.6) is 0 Å². The van der Waals surface area contributed by atoms with Gasteiger partial charge in [-0.1, -0.05) is 36.6 Å². The number of ether oxygens (including phenoxy) is 1. The van der Waals surface area contributed by atoms with Crippen LogP contribution in [-0.2, 0) is 15.1 Å². The van der Waals surface area contributed by atoms with E-state index in [-0.39, 0.29) is 36.1 Å². The minimum atomic E-state index is -0.370. The number of carbonyl (C=O) groups is 1. The molecule has 1 saturated carbocycles. The maximum absolute atomic E-state index is 12.6. The van der Waals surface area contributed by atoms with E-state index < -0.39 is 0 Å². The monoisotopic (exact) mass is 358 g/mol. The molecule has 0 bridgehead atoms. The molecule has 0 unspecified atom stereocenters. The van der Waals surface area contributed by atoms with Gasteiger partial charge >= 0.3 is 0 Å². The molecule has 4 nitrogen and oxygen atoms in total. The third-order valence-electron chi connectivity index (χ3n) is 4.86. The molecule has 128 valence electrons. The van der Waals surface area contributed by atoms with Crippen LogP contribution in [-0.4, -0.2) is 24.7 Å². The third kappa shape index (κ3) is 4.00. The Balaban J connectivity index is 0.00000192. The Labute approximate surface area is 148 Å². The highest BCUT2D eigenvalue weighted by molar-refractivity contribution is 6.30. The second-order valence-electron chi connectivity index (χ2n) is 6.35. The normalized spacial score (nSPS) is 25.8. The molecule has 0 radical (unpaired) electrons. The lowest BCUT2D eigenvalue weighted by Crippen LogP contribution is -2.48. The van der Waals surface area contributed by atoms with Gasteiger partial charge in [0.25, 0.3) is 0 Å². The second kappa shape index (κ2) is 7.84. The molecule has 6 heteroatoms. The van der Waals surface area contributed by atoms with E-state index in [1.165, 1.54) is 0 Å². The van der Waals surface area contributed by atoms with Crippen molar-refractivity contribution in [3.63, 3.8) is 0 Å². The van der Waals surface area contributed by atoms with Crippen LogP contribution in [0.15, 0.2) is 24.3 Å². The van der Waals surface area contributed by atoms with E-state index in [1.54, 1.807) is 0 Å². The van der Waals surface area contributed by atoms with Crippen molar-refractivity contribution in [2.24, 2.45) is 5.73 Å². The summed E-state index contributed by atoms with van der Waals surface area (Å²) in [6.07, 6.45) is 5.38. The van der Waals surface area contributed by atoms with Gasteiger partial charge in [0, 0.05) is 11.6 Å². The lowest BCUT2D eigenvalue weighted by atomic mass is 9.87. The molecule has 0 aromatic heterocycles. The van der Waals surface area contributed by atoms with E-state index in [9.17, 15) is 4.79 Å². The van der Waals surface area contributed by atoms with E-state index >= 15 is 0 Å². The van der Waals surface area contributed by atoms with Gasteiger partial charge in [-0.25, -0.2) is 0 Å². The van der Waals surface area contributed by atoms with E-state index in [1.807, 2.05) is 18.2 Å². The van der Waals surface area contributed by atoms with Crippen LogP contribution in [0.4, 0.5) is 0 Å². The molecule has 1 saturated heterocycles. The van der Waals surface area contributed by atoms with Gasteiger partial charge < -0.3 is 15.8 Å². The van der Waals surface area contributed by atoms with Crippen molar-refractivity contribution >= 4 is 29.9 Å². The highest BCUT2D eigenvalue weighted by Crippen LogP contribution is 2.40. The number of rotatable bonds is 4. The molecule has 1 amide bonds. The summed E-state index contributed by atoms with van der Waals surface area (Å²) in [4.78, 5) is 12.6. The first-order chi connectivity index (χ1) is 10.6. The predicted octanol–water partition coefficient (Wildman–Crippen LogP) is 3.15. The third-order valence-corrected chi connectivity index (χ3v) is 5.09. The zero-order chi connectivity index (χ0) is 15.6. The first-order valence-electron chi connectivity index (χ1n) is 8.06. The number of amides is 1. The van der Waals surface area contributed by atoms with E-state index in [0.29, 0.717) is 11.6 Å². The fraction of sp³-hybridized carbons (Fsp3) is 0.588. The molecule has 3 N–H and O–H groups in total. The minimum absolute atomic E-state index is 0. The van der Waals surface area contributed by atoms with Crippen LogP contribution in [0.25, 0.3) is 0 Å². The quantitative estimate of drug-likeness (QED) is 0.868. The average molecular weight is 359 g/mol. The van der Waals surface area contributed by atoms with Crippen LogP contribution in [0.1, 0.15) is 44.1 Å². The van der Waals surface area contributed by atoms with Gasteiger partial charge in [-0.05, 0) is 43.4 Å². The Morgan fingerprint density at radius 3 is 2.70 bits per heavy atom. The Morgan fingerprint density at radius 1 is 1.35 bits per heavy atom. The molecule has 1 aromatic rings. The average Bonchev–Trinajstić information content (AvgIpc) is 3.17. The van der Waals surface area contributed by atoms with Gasteiger partial charge in [0.15, 0.2) is 0 Å². The van der Waals surface area contributed by atoms with Crippen molar-refractivity contribution in [1.29, 1.82) is 0 Å². The first kappa shape index (κ1) is 18.5. The maximum atomic E-state index is 12.6. The minimum Gasteiger partial charge on any atom is -0.364 e. The summed E-state index contributed by atoms with van der Waals surface area (Å²) in [5.41, 5.74) is 6.42. The molecule has 1 aliphatic heterocycles. The highest BCUT2D eigenvalue weighted by atomic mass is 35.5. The van der Waals surface area contributed by atoms with Crippen LogP contribution in [0, 0.1) is 0 Å². The van der Waals surface area contributed by atoms with Gasteiger partial charge in [0.1, 0.15) is 6.10 Å². The molecule has 1 heterocycles. The van der Waals surface area contributed by atoms with E-state index in [2.05, 4.69) is 11.4 Å². The zero-order valence-corrected chi connectivity index (χ0v) is 14.7. The molecule has 2 atom stereocenters. The van der Waals surface area contributed by atoms with Crippen molar-refractivity contribution in [3.05, 3.63) is 34.9 Å². The van der Waals surface area contributed by atoms with Crippen molar-refractivity contribution < 1.29 is 9.53 Å². The van der Waals surface area contributed by atoms with Crippen LogP contribution < -0.4 is 11.1 Å². The van der Waals surface area contributed by atoms with E-state index in [0.717, 1.165) is 44.1 Å². The molecule has 23 heavy (non-hydrogen) atoms. The molecule has 1 aliphatic carbocycles. The Hall–Kier alpha value is -0.810. The summed E-state index contributed by atoms with van der Waals surface area (Å²) >= 11 is 6.14. The molecule has 3 rings (SSSR count). The Morgan fingerprint density at radius 2 is 2.09 bits per heavy atom. The maximum Gasteiger partial charge on any atom is 0.249 e. The van der Waals surface area contributed by atoms with Crippen LogP contribution >= 0.6 is 24.0 Å². The predicted molar refractivity (Wildman–Crippen MR) is 93.9 cm³/mol. The van der Waals surface area contributed by atoms with Crippen molar-refractivity contribution in [3.8, 4) is 0 Å². The van der Waals surface area contributed by atoms with Crippen LogP contribution in [0.2, 0.25) is 5.02 Å². The summed E-state index contributed by atoms with van der Waals surface area (Å²) < 4.78 is 5.72. The standard InChI is InChI=1S/C17H23ClN2O2.ClH/c18-13-5-3-4-12(10-13)17(8-1-2-9-17)20-16(21)15-7-6-14(11-19)22-15;/h3-5,10,14-15H,1-2,6-9,11,19H2,(H,20,21);1H/t14-,15+;/m1./s1. The number of hydrogen-bond donors (Lipinski definition) is 2. The largest absolute Gasteiger partial charge is 0.364 e.